The number of nitrogens with one attached hydrogen (secondary N) is 2. The number of carbonyl (C=O) groups excluding carboxylic acids is 2. The Morgan fingerprint density at radius 3 is 2.33 bits per heavy atom. The van der Waals surface area contributed by atoms with Crippen LogP contribution in [0.4, 0.5) is 11.4 Å². The van der Waals surface area contributed by atoms with E-state index in [1.165, 1.54) is 0 Å². The lowest BCUT2D eigenvalue weighted by atomic mass is 10.2. The summed E-state index contributed by atoms with van der Waals surface area (Å²) in [5.74, 6) is 0.381. The first kappa shape index (κ1) is 18.7. The lowest BCUT2D eigenvalue weighted by molar-refractivity contribution is -0.116. The van der Waals surface area contributed by atoms with Crippen LogP contribution in [0.25, 0.3) is 11.3 Å². The van der Waals surface area contributed by atoms with Crippen molar-refractivity contribution in [3.8, 4) is 11.3 Å². The van der Waals surface area contributed by atoms with Crippen molar-refractivity contribution in [1.29, 1.82) is 0 Å². The number of benzene rings is 2. The summed E-state index contributed by atoms with van der Waals surface area (Å²) in [6.45, 7) is 1.95. The summed E-state index contributed by atoms with van der Waals surface area (Å²) < 4.78 is 5.63. The van der Waals surface area contributed by atoms with Gasteiger partial charge in [-0.1, -0.05) is 30.7 Å². The highest BCUT2D eigenvalue weighted by Crippen LogP contribution is 2.25. The summed E-state index contributed by atoms with van der Waals surface area (Å²) >= 11 is 5.99. The van der Waals surface area contributed by atoms with Gasteiger partial charge in [-0.2, -0.15) is 0 Å². The Labute approximate surface area is 162 Å². The van der Waals surface area contributed by atoms with Crippen molar-refractivity contribution in [2.45, 2.75) is 19.8 Å². The maximum Gasteiger partial charge on any atom is 0.291 e. The molecule has 3 rings (SSSR count). The second-order valence-electron chi connectivity index (χ2n) is 6.00. The molecule has 0 unspecified atom stereocenters. The molecule has 0 radical (unpaired) electrons. The second-order valence-corrected chi connectivity index (χ2v) is 6.44. The van der Waals surface area contributed by atoms with Gasteiger partial charge in [-0.15, -0.1) is 0 Å². The number of carbonyl (C=O) groups is 2. The summed E-state index contributed by atoms with van der Waals surface area (Å²) in [7, 11) is 0. The van der Waals surface area contributed by atoms with E-state index >= 15 is 0 Å². The third-order valence-electron chi connectivity index (χ3n) is 3.84. The average Bonchev–Trinajstić information content (AvgIpc) is 3.14. The van der Waals surface area contributed by atoms with Gasteiger partial charge in [-0.25, -0.2) is 0 Å². The van der Waals surface area contributed by atoms with Crippen LogP contribution < -0.4 is 10.6 Å². The van der Waals surface area contributed by atoms with Crippen molar-refractivity contribution >= 4 is 34.8 Å². The molecule has 0 bridgehead atoms. The molecule has 0 spiro atoms. The molecule has 5 nitrogen and oxygen atoms in total. The van der Waals surface area contributed by atoms with Crippen LogP contribution in [-0.2, 0) is 4.79 Å². The van der Waals surface area contributed by atoms with Crippen molar-refractivity contribution in [2.24, 2.45) is 0 Å². The summed E-state index contributed by atoms with van der Waals surface area (Å²) in [6.07, 6.45) is 1.27. The van der Waals surface area contributed by atoms with Gasteiger partial charge >= 0.3 is 0 Å². The number of rotatable bonds is 6. The molecule has 0 atom stereocenters. The minimum absolute atomic E-state index is 0.0292. The zero-order valence-electron chi connectivity index (χ0n) is 14.8. The van der Waals surface area contributed by atoms with Crippen molar-refractivity contribution < 1.29 is 14.0 Å². The number of amides is 2. The molecule has 0 aliphatic rings. The Morgan fingerprint density at radius 2 is 1.67 bits per heavy atom. The predicted octanol–water partition coefficient (Wildman–Crippen LogP) is 5.59. The highest BCUT2D eigenvalue weighted by Gasteiger charge is 2.13. The number of hydrogen-bond donors (Lipinski definition) is 2. The summed E-state index contributed by atoms with van der Waals surface area (Å²) in [6, 6.07) is 17.5. The van der Waals surface area contributed by atoms with Crippen LogP contribution in [0.3, 0.4) is 0 Å². The van der Waals surface area contributed by atoms with Crippen molar-refractivity contribution in [3.05, 3.63) is 71.4 Å². The molecule has 2 amide bonds. The molecule has 0 aliphatic carbocycles. The zero-order valence-corrected chi connectivity index (χ0v) is 15.5. The first-order chi connectivity index (χ1) is 13.0. The topological polar surface area (TPSA) is 71.3 Å². The molecule has 27 heavy (non-hydrogen) atoms. The number of anilines is 2. The van der Waals surface area contributed by atoms with E-state index in [1.54, 1.807) is 48.5 Å². The molecular formula is C21H19ClN2O3. The molecule has 0 saturated heterocycles. The van der Waals surface area contributed by atoms with Crippen molar-refractivity contribution in [3.63, 3.8) is 0 Å². The van der Waals surface area contributed by atoms with E-state index in [9.17, 15) is 9.59 Å². The van der Waals surface area contributed by atoms with Crippen molar-refractivity contribution in [1.82, 2.24) is 0 Å². The maximum atomic E-state index is 12.4. The third kappa shape index (κ3) is 4.99. The van der Waals surface area contributed by atoms with E-state index in [2.05, 4.69) is 10.6 Å². The van der Waals surface area contributed by atoms with Gasteiger partial charge < -0.3 is 15.1 Å². The monoisotopic (exact) mass is 382 g/mol. The van der Waals surface area contributed by atoms with E-state index in [0.29, 0.717) is 28.6 Å². The fourth-order valence-electron chi connectivity index (χ4n) is 2.54. The fourth-order valence-corrected chi connectivity index (χ4v) is 2.73. The normalized spacial score (nSPS) is 10.4. The van der Waals surface area contributed by atoms with E-state index in [1.807, 2.05) is 19.1 Å². The molecule has 2 N–H and O–H groups in total. The van der Waals surface area contributed by atoms with Gasteiger partial charge in [0, 0.05) is 28.4 Å². The Kier molecular flexibility index (Phi) is 5.94. The third-order valence-corrected chi connectivity index (χ3v) is 4.08. The van der Waals surface area contributed by atoms with Gasteiger partial charge in [0.25, 0.3) is 5.91 Å². The van der Waals surface area contributed by atoms with E-state index in [4.69, 9.17) is 16.0 Å². The zero-order chi connectivity index (χ0) is 19.2. The minimum atomic E-state index is -0.356. The van der Waals surface area contributed by atoms with Crippen LogP contribution in [0.2, 0.25) is 5.02 Å². The molecule has 0 fully saturated rings. The quantitative estimate of drug-likeness (QED) is 0.583. The molecular weight excluding hydrogens is 364 g/mol. The Balaban J connectivity index is 1.65. The molecule has 138 valence electrons. The van der Waals surface area contributed by atoms with Crippen LogP contribution in [0.5, 0.6) is 0 Å². The smallest absolute Gasteiger partial charge is 0.291 e. The summed E-state index contributed by atoms with van der Waals surface area (Å²) in [4.78, 5) is 24.0. The fraction of sp³-hybridized carbons (Fsp3) is 0.143. The lowest BCUT2D eigenvalue weighted by Crippen LogP contribution is -2.12. The minimum Gasteiger partial charge on any atom is -0.451 e. The molecule has 6 heteroatoms. The van der Waals surface area contributed by atoms with E-state index in [0.717, 1.165) is 12.0 Å². The van der Waals surface area contributed by atoms with Gasteiger partial charge in [0.15, 0.2) is 5.76 Å². The Morgan fingerprint density at radius 1 is 0.963 bits per heavy atom. The van der Waals surface area contributed by atoms with Crippen LogP contribution in [-0.4, -0.2) is 11.8 Å². The van der Waals surface area contributed by atoms with Gasteiger partial charge in [0.2, 0.25) is 5.91 Å². The SMILES string of the molecule is CCCC(=O)Nc1ccc(NC(=O)c2ccc(-c3cccc(Cl)c3)o2)cc1. The Hall–Kier alpha value is -3.05. The standard InChI is InChI=1S/C21H19ClN2O3/c1-2-4-20(25)23-16-7-9-17(10-8-16)24-21(26)19-12-11-18(27-19)14-5-3-6-15(22)13-14/h3,5-13H,2,4H2,1H3,(H,23,25)(H,24,26). The second kappa shape index (κ2) is 8.56. The highest BCUT2D eigenvalue weighted by molar-refractivity contribution is 6.30. The first-order valence-electron chi connectivity index (χ1n) is 8.62. The molecule has 3 aromatic rings. The van der Waals surface area contributed by atoms with Gasteiger partial charge in [-0.3, -0.25) is 9.59 Å². The number of furan rings is 1. The van der Waals surface area contributed by atoms with Gasteiger partial charge in [-0.05, 0) is 55.0 Å². The highest BCUT2D eigenvalue weighted by atomic mass is 35.5. The van der Waals surface area contributed by atoms with Gasteiger partial charge in [0.1, 0.15) is 5.76 Å². The lowest BCUT2D eigenvalue weighted by Gasteiger charge is -2.07. The molecule has 2 aromatic carbocycles. The van der Waals surface area contributed by atoms with Gasteiger partial charge in [0.05, 0.1) is 0 Å². The molecule has 0 aliphatic heterocycles. The predicted molar refractivity (Wildman–Crippen MR) is 107 cm³/mol. The van der Waals surface area contributed by atoms with Crippen LogP contribution in [0, 0.1) is 0 Å². The maximum absolute atomic E-state index is 12.4. The van der Waals surface area contributed by atoms with Crippen molar-refractivity contribution in [2.75, 3.05) is 10.6 Å². The Bertz CT molecular complexity index is 948. The molecule has 1 aromatic heterocycles. The van der Waals surface area contributed by atoms with Crippen LogP contribution in [0.15, 0.2) is 65.1 Å². The summed E-state index contributed by atoms with van der Waals surface area (Å²) in [5.41, 5.74) is 2.09. The van der Waals surface area contributed by atoms with Crippen LogP contribution in [0.1, 0.15) is 30.3 Å². The average molecular weight is 383 g/mol. The van der Waals surface area contributed by atoms with Crippen LogP contribution >= 0.6 is 11.6 Å². The summed E-state index contributed by atoms with van der Waals surface area (Å²) in [5, 5.41) is 6.17. The molecule has 1 heterocycles. The number of hydrogen-bond acceptors (Lipinski definition) is 3. The van der Waals surface area contributed by atoms with E-state index in [-0.39, 0.29) is 17.6 Å². The first-order valence-corrected chi connectivity index (χ1v) is 9.00. The number of halogens is 1. The molecule has 0 saturated carbocycles. The van der Waals surface area contributed by atoms with E-state index < -0.39 is 0 Å². The largest absolute Gasteiger partial charge is 0.451 e.